The molecule has 0 heterocycles. The van der Waals surface area contributed by atoms with Crippen LogP contribution in [-0.2, 0) is 21.1 Å². The molecular weight excluding hydrogens is 547 g/mol. The third-order valence-electron chi connectivity index (χ3n) is 0. The summed E-state index contributed by atoms with van der Waals surface area (Å²) in [5.74, 6) is 0. The Labute approximate surface area is 107 Å². The Morgan fingerprint density at radius 3 is 0.294 bits per heavy atom. The van der Waals surface area contributed by atoms with Crippen molar-refractivity contribution in [2.45, 2.75) is 0 Å². The van der Waals surface area contributed by atoms with Gasteiger partial charge in [-0.3, -0.25) is 0 Å². The van der Waals surface area contributed by atoms with Gasteiger partial charge in [-0.2, -0.15) is 0 Å². The van der Waals surface area contributed by atoms with Crippen LogP contribution in [0.5, 0.6) is 0 Å². The summed E-state index contributed by atoms with van der Waals surface area (Å²) in [6.07, 6.45) is 0. The molecule has 0 fully saturated rings. The molecule has 0 bridgehead atoms. The minimum Gasteiger partial charge on any atom is 0 e. The van der Waals surface area contributed by atoms with Crippen LogP contribution < -0.4 is 0 Å². The average molecular weight is 551 g/mol. The molecule has 0 unspecified atom stereocenters. The molecule has 0 aromatic rings. The van der Waals surface area contributed by atoms with Gasteiger partial charge in [0.1, 0.15) is 0 Å². The molecule has 0 nitrogen and oxygen atoms in total. The first-order valence-corrected chi connectivity index (χ1v) is 6.80. The van der Waals surface area contributed by atoms with Gasteiger partial charge in [0.05, 0.1) is 0 Å². The van der Waals surface area contributed by atoms with Gasteiger partial charge in [0.15, 0.2) is 0 Å². The van der Waals surface area contributed by atoms with E-state index in [1.807, 2.05) is 0 Å². The molecule has 0 aromatic carbocycles. The van der Waals surface area contributed by atoms with Gasteiger partial charge in [-0.15, -0.1) is 0 Å². The van der Waals surface area contributed by atoms with Crippen LogP contribution in [0.2, 0.25) is 0 Å². The summed E-state index contributed by atoms with van der Waals surface area (Å²) in [5.41, 5.74) is 0. The maximum Gasteiger partial charge on any atom is 0.558 e. The molecule has 0 amide bonds. The summed E-state index contributed by atoms with van der Waals surface area (Å²) in [5, 5.41) is 0. The Balaban J connectivity index is -0.0000000369. The first-order chi connectivity index (χ1) is 6.93. The van der Waals surface area contributed by atoms with E-state index in [2.05, 4.69) is 0 Å². The smallest absolute Gasteiger partial charge is 0 e. The molecule has 0 radical (unpaired) electrons. The van der Waals surface area contributed by atoms with Gasteiger partial charge in [-0.1, -0.05) is 0 Å². The Morgan fingerprint density at radius 1 is 0.294 bits per heavy atom. The maximum atomic E-state index is 9.77. The summed E-state index contributed by atoms with van der Waals surface area (Å²) in [6.45, 7) is 0. The van der Waals surface area contributed by atoms with E-state index in [1.54, 1.807) is 0 Å². The molecule has 0 saturated heterocycles. The van der Waals surface area contributed by atoms with E-state index in [1.165, 1.54) is 0 Å². The van der Waals surface area contributed by atoms with E-state index in [0.717, 1.165) is 0 Å². The van der Waals surface area contributed by atoms with Gasteiger partial charge in [-0.25, -0.2) is 0 Å². The van der Waals surface area contributed by atoms with Crippen molar-refractivity contribution in [2.24, 2.45) is 0 Å². The van der Waals surface area contributed by atoms with Crippen molar-refractivity contribution in [3.05, 3.63) is 0 Å². The van der Waals surface area contributed by atoms with Crippen molar-refractivity contribution in [2.75, 3.05) is 0 Å². The SMILES string of the molecule is F[PH+](F)F.F[PH+](F)F.F[PH+](F)F.F[PH+](F)F.[Pt]. The van der Waals surface area contributed by atoms with Gasteiger partial charge in [0, 0.05) is 71.4 Å². The van der Waals surface area contributed by atoms with Gasteiger partial charge in [0.25, 0.3) is 0 Å². The summed E-state index contributed by atoms with van der Waals surface area (Å²) in [7, 11) is -17.5. The second-order valence-electron chi connectivity index (χ2n) is 0.857. The van der Waals surface area contributed by atoms with Crippen molar-refractivity contribution in [3.63, 3.8) is 0 Å². The Bertz CT molecular complexity index is 61.5. The molecule has 0 aliphatic rings. The topological polar surface area (TPSA) is 0 Å². The molecule has 17 heteroatoms. The molecule has 0 N–H and O–H groups in total. The van der Waals surface area contributed by atoms with E-state index in [-0.39, 0.29) is 21.1 Å². The third kappa shape index (κ3) is 1730. The first kappa shape index (κ1) is 31.1. The molecule has 0 saturated carbocycles. The molecule has 0 spiro atoms. The maximum absolute atomic E-state index is 9.77. The van der Waals surface area contributed by atoms with E-state index in [4.69, 9.17) is 0 Å². The van der Waals surface area contributed by atoms with Crippen molar-refractivity contribution >= 4 is 35.4 Å². The zero-order valence-corrected chi connectivity index (χ0v) is 13.1. The minimum atomic E-state index is -4.38. The quantitative estimate of drug-likeness (QED) is 0.218. The van der Waals surface area contributed by atoms with Crippen LogP contribution in [-0.4, -0.2) is 0 Å². The van der Waals surface area contributed by atoms with Crippen molar-refractivity contribution in [1.82, 2.24) is 0 Å². The van der Waals surface area contributed by atoms with E-state index in [0.29, 0.717) is 0 Å². The predicted molar refractivity (Wildman–Crippen MR) is 46.6 cm³/mol. The van der Waals surface area contributed by atoms with E-state index < -0.39 is 35.4 Å². The second kappa shape index (κ2) is 26.2. The second-order valence-corrected chi connectivity index (χ2v) is 2.57. The average Bonchev–Trinajstić information content (AvgIpc) is 1.76. The van der Waals surface area contributed by atoms with Gasteiger partial charge >= 0.3 is 35.4 Å². The molecule has 0 aliphatic heterocycles. The molecule has 0 aliphatic carbocycles. The van der Waals surface area contributed by atoms with Crippen molar-refractivity contribution < 1.29 is 71.4 Å². The summed E-state index contributed by atoms with van der Waals surface area (Å²) in [6, 6.07) is 0. The minimum absolute atomic E-state index is 0. The third-order valence-corrected chi connectivity index (χ3v) is 0. The van der Waals surface area contributed by atoms with Crippen molar-refractivity contribution in [3.8, 4) is 0 Å². The fourth-order valence-corrected chi connectivity index (χ4v) is 0. The number of hydrogen-bond acceptors (Lipinski definition) is 0. The number of hydrogen-bond donors (Lipinski definition) is 0. The zero-order valence-electron chi connectivity index (χ0n) is 6.85. The zero-order chi connectivity index (χ0) is 14.3. The van der Waals surface area contributed by atoms with Crippen LogP contribution in [0.1, 0.15) is 0 Å². The summed E-state index contributed by atoms with van der Waals surface area (Å²) < 4.78 is 117. The van der Waals surface area contributed by atoms with E-state index in [9.17, 15) is 50.4 Å². The van der Waals surface area contributed by atoms with Crippen LogP contribution in [0.3, 0.4) is 0 Å². The fourth-order valence-electron chi connectivity index (χ4n) is 0. The Hall–Kier alpha value is 1.57. The van der Waals surface area contributed by atoms with Gasteiger partial charge < -0.3 is 0 Å². The molecule has 17 heavy (non-hydrogen) atoms. The first-order valence-electron chi connectivity index (χ1n) is 2.27. The Kier molecular flexibility index (Phi) is 48.0. The van der Waals surface area contributed by atoms with Crippen molar-refractivity contribution in [1.29, 1.82) is 0 Å². The van der Waals surface area contributed by atoms with Crippen LogP contribution >= 0.6 is 35.4 Å². The van der Waals surface area contributed by atoms with Crippen LogP contribution in [0.15, 0.2) is 0 Å². The monoisotopic (exact) mass is 551 g/mol. The molecule has 0 rings (SSSR count). The van der Waals surface area contributed by atoms with Gasteiger partial charge in [-0.05, 0) is 0 Å². The van der Waals surface area contributed by atoms with Crippen LogP contribution in [0.4, 0.5) is 50.4 Å². The number of halogens is 12. The fraction of sp³-hybridized carbons (Fsp3) is 0. The normalized spacial score (nSPS) is 8.47. The van der Waals surface area contributed by atoms with Crippen LogP contribution in [0.25, 0.3) is 0 Å². The molecule has 0 aromatic heterocycles. The molecule has 114 valence electrons. The summed E-state index contributed by atoms with van der Waals surface area (Å²) >= 11 is 0. The largest absolute Gasteiger partial charge is 0.558 e. The van der Waals surface area contributed by atoms with Crippen LogP contribution in [0, 0.1) is 0 Å². The number of rotatable bonds is 0. The van der Waals surface area contributed by atoms with Gasteiger partial charge in [0.2, 0.25) is 0 Å². The summed E-state index contributed by atoms with van der Waals surface area (Å²) in [4.78, 5) is 0. The standard InChI is InChI=1S/4F3HP.Pt/c4*1-4(2)3;/h4*4H;/q4*+1;. The Morgan fingerprint density at radius 2 is 0.294 bits per heavy atom. The predicted octanol–water partition coefficient (Wildman–Crippen LogP) is 7.41. The molecular formula is H4F12P4Pt+4. The molecule has 0 atom stereocenters. The van der Waals surface area contributed by atoms with E-state index >= 15 is 0 Å².